The summed E-state index contributed by atoms with van der Waals surface area (Å²) in [5.74, 6) is 1.88. The number of anilines is 1. The molecule has 0 aliphatic carbocycles. The first-order chi connectivity index (χ1) is 15.6. The molecule has 1 saturated heterocycles. The fourth-order valence-corrected chi connectivity index (χ4v) is 5.20. The van der Waals surface area contributed by atoms with Crippen LogP contribution >= 0.6 is 11.6 Å². The van der Waals surface area contributed by atoms with Gasteiger partial charge in [0.05, 0.1) is 5.52 Å². The van der Waals surface area contributed by atoms with Crippen molar-refractivity contribution in [2.24, 2.45) is 5.92 Å². The Kier molecular flexibility index (Phi) is 5.93. The van der Waals surface area contributed by atoms with Crippen molar-refractivity contribution in [3.05, 3.63) is 94.3 Å². The Morgan fingerprint density at radius 1 is 0.906 bits per heavy atom. The zero-order valence-electron chi connectivity index (χ0n) is 18.9. The van der Waals surface area contributed by atoms with Crippen LogP contribution < -0.4 is 4.90 Å². The highest BCUT2D eigenvalue weighted by Crippen LogP contribution is 2.34. The van der Waals surface area contributed by atoms with Crippen molar-refractivity contribution < 1.29 is 0 Å². The number of fused-ring (bicyclic) bond motifs is 1. The molecule has 164 valence electrons. The van der Waals surface area contributed by atoms with Gasteiger partial charge in [-0.05, 0) is 73.9 Å². The van der Waals surface area contributed by atoms with Crippen molar-refractivity contribution in [3.63, 3.8) is 0 Å². The lowest BCUT2D eigenvalue weighted by molar-refractivity contribution is 0.402. The highest BCUT2D eigenvalue weighted by atomic mass is 35.5. The molecule has 5 rings (SSSR count). The maximum absolute atomic E-state index is 6.11. The number of nitrogens with zero attached hydrogens (tertiary/aromatic N) is 3. The van der Waals surface area contributed by atoms with Gasteiger partial charge in [0, 0.05) is 41.9 Å². The lowest BCUT2D eigenvalue weighted by Crippen LogP contribution is -2.35. The molecule has 0 spiro atoms. The molecular formula is C28H30ClN3. The third-order valence-corrected chi connectivity index (χ3v) is 7.31. The van der Waals surface area contributed by atoms with E-state index in [1.807, 2.05) is 18.3 Å². The number of pyridine rings is 1. The van der Waals surface area contributed by atoms with E-state index in [1.54, 1.807) is 0 Å². The topological polar surface area (TPSA) is 21.1 Å². The Labute approximate surface area is 195 Å². The quantitative estimate of drug-likeness (QED) is 0.337. The molecule has 2 aromatic carbocycles. The Bertz CT molecular complexity index is 1200. The minimum atomic E-state index is 0.747. The lowest BCUT2D eigenvalue weighted by Gasteiger charge is -2.33. The van der Waals surface area contributed by atoms with Gasteiger partial charge in [-0.1, -0.05) is 54.1 Å². The van der Waals surface area contributed by atoms with Gasteiger partial charge >= 0.3 is 0 Å². The molecule has 1 fully saturated rings. The van der Waals surface area contributed by atoms with Crippen LogP contribution in [0.4, 0.5) is 5.82 Å². The molecule has 1 aliphatic rings. The SMILES string of the molecule is Cc1c(C)n(Cc2ccc(Cl)cc2)c2c(N3CCC(Cc4ccccc4)CC3)nccc12. The molecule has 0 saturated carbocycles. The fraction of sp³-hybridized carbons (Fsp3) is 0.321. The number of rotatable bonds is 5. The van der Waals surface area contributed by atoms with E-state index in [2.05, 4.69) is 71.8 Å². The fourth-order valence-electron chi connectivity index (χ4n) is 5.07. The van der Waals surface area contributed by atoms with Gasteiger partial charge in [0.15, 0.2) is 5.82 Å². The summed E-state index contributed by atoms with van der Waals surface area (Å²) in [6.07, 6.45) is 5.58. The average Bonchev–Trinajstić information content (AvgIpc) is 3.07. The van der Waals surface area contributed by atoms with E-state index in [0.717, 1.165) is 36.4 Å². The summed E-state index contributed by atoms with van der Waals surface area (Å²) in [7, 11) is 0. The van der Waals surface area contributed by atoms with Crippen LogP contribution in [0.25, 0.3) is 10.9 Å². The van der Waals surface area contributed by atoms with E-state index in [4.69, 9.17) is 16.6 Å². The molecule has 0 radical (unpaired) electrons. The van der Waals surface area contributed by atoms with Crippen LogP contribution in [0.3, 0.4) is 0 Å². The molecule has 0 amide bonds. The Morgan fingerprint density at radius 3 is 2.34 bits per heavy atom. The average molecular weight is 444 g/mol. The summed E-state index contributed by atoms with van der Waals surface area (Å²) in [4.78, 5) is 7.40. The zero-order chi connectivity index (χ0) is 22.1. The van der Waals surface area contributed by atoms with Crippen LogP contribution in [0.2, 0.25) is 5.02 Å². The Balaban J connectivity index is 1.42. The second-order valence-electron chi connectivity index (χ2n) is 9.07. The van der Waals surface area contributed by atoms with Gasteiger partial charge < -0.3 is 9.47 Å². The largest absolute Gasteiger partial charge is 0.355 e. The summed E-state index contributed by atoms with van der Waals surface area (Å²) in [6.45, 7) is 7.41. The van der Waals surface area contributed by atoms with E-state index in [1.165, 1.54) is 52.5 Å². The normalized spacial score (nSPS) is 14.9. The minimum absolute atomic E-state index is 0.747. The maximum atomic E-state index is 6.11. The van der Waals surface area contributed by atoms with Crippen molar-refractivity contribution in [1.82, 2.24) is 9.55 Å². The summed E-state index contributed by atoms with van der Waals surface area (Å²) in [5, 5.41) is 2.09. The minimum Gasteiger partial charge on any atom is -0.355 e. The van der Waals surface area contributed by atoms with E-state index in [0.29, 0.717) is 0 Å². The molecule has 3 heterocycles. The lowest BCUT2D eigenvalue weighted by atomic mass is 9.90. The molecular weight excluding hydrogens is 414 g/mol. The van der Waals surface area contributed by atoms with Crippen LogP contribution in [0.5, 0.6) is 0 Å². The Hall–Kier alpha value is -2.78. The van der Waals surface area contributed by atoms with Crippen LogP contribution in [-0.4, -0.2) is 22.6 Å². The monoisotopic (exact) mass is 443 g/mol. The van der Waals surface area contributed by atoms with Crippen LogP contribution in [0.15, 0.2) is 66.9 Å². The standard InChI is InChI=1S/C28H30ClN3/c1-20-21(2)32(19-24-8-10-25(29)11-9-24)27-26(20)12-15-30-28(27)31-16-13-23(14-17-31)18-22-6-4-3-5-7-22/h3-12,15,23H,13-14,16-19H2,1-2H3. The number of piperidine rings is 1. The highest BCUT2D eigenvalue weighted by molar-refractivity contribution is 6.30. The van der Waals surface area contributed by atoms with Crippen LogP contribution in [-0.2, 0) is 13.0 Å². The predicted octanol–water partition coefficient (Wildman–Crippen LogP) is 6.81. The summed E-state index contributed by atoms with van der Waals surface area (Å²) >= 11 is 6.11. The van der Waals surface area contributed by atoms with E-state index < -0.39 is 0 Å². The second-order valence-corrected chi connectivity index (χ2v) is 9.51. The number of aryl methyl sites for hydroxylation is 1. The van der Waals surface area contributed by atoms with Crippen molar-refractivity contribution in [3.8, 4) is 0 Å². The smallest absolute Gasteiger partial charge is 0.153 e. The Morgan fingerprint density at radius 2 is 1.62 bits per heavy atom. The van der Waals surface area contributed by atoms with E-state index in [-0.39, 0.29) is 0 Å². The molecule has 1 aliphatic heterocycles. The molecule has 2 aromatic heterocycles. The highest BCUT2D eigenvalue weighted by Gasteiger charge is 2.24. The number of hydrogen-bond donors (Lipinski definition) is 0. The molecule has 4 aromatic rings. The predicted molar refractivity (Wildman–Crippen MR) is 135 cm³/mol. The third kappa shape index (κ3) is 4.14. The molecule has 3 nitrogen and oxygen atoms in total. The summed E-state index contributed by atoms with van der Waals surface area (Å²) < 4.78 is 2.44. The van der Waals surface area contributed by atoms with Gasteiger partial charge in [0.2, 0.25) is 0 Å². The van der Waals surface area contributed by atoms with Gasteiger partial charge in [0.25, 0.3) is 0 Å². The van der Waals surface area contributed by atoms with Gasteiger partial charge in [-0.3, -0.25) is 0 Å². The molecule has 0 N–H and O–H groups in total. The molecule has 0 bridgehead atoms. The van der Waals surface area contributed by atoms with Gasteiger partial charge in [0.1, 0.15) is 0 Å². The zero-order valence-corrected chi connectivity index (χ0v) is 19.6. The van der Waals surface area contributed by atoms with Crippen molar-refractivity contribution in [2.45, 2.75) is 39.7 Å². The number of hydrogen-bond acceptors (Lipinski definition) is 2. The first-order valence-corrected chi connectivity index (χ1v) is 12.0. The summed E-state index contributed by atoms with van der Waals surface area (Å²) in [6, 6.07) is 21.3. The van der Waals surface area contributed by atoms with Gasteiger partial charge in [-0.25, -0.2) is 4.98 Å². The number of benzene rings is 2. The maximum Gasteiger partial charge on any atom is 0.153 e. The molecule has 32 heavy (non-hydrogen) atoms. The van der Waals surface area contributed by atoms with Crippen molar-refractivity contribution in [1.29, 1.82) is 0 Å². The number of halogens is 1. The third-order valence-electron chi connectivity index (χ3n) is 7.06. The molecule has 4 heteroatoms. The van der Waals surface area contributed by atoms with Gasteiger partial charge in [-0.15, -0.1) is 0 Å². The van der Waals surface area contributed by atoms with Gasteiger partial charge in [-0.2, -0.15) is 0 Å². The molecule has 0 unspecified atom stereocenters. The summed E-state index contributed by atoms with van der Waals surface area (Å²) in [5.41, 5.74) is 6.62. The van der Waals surface area contributed by atoms with E-state index in [9.17, 15) is 0 Å². The van der Waals surface area contributed by atoms with E-state index >= 15 is 0 Å². The van der Waals surface area contributed by atoms with Crippen molar-refractivity contribution >= 4 is 28.3 Å². The number of aromatic nitrogens is 2. The van der Waals surface area contributed by atoms with Crippen LogP contribution in [0, 0.1) is 19.8 Å². The molecule has 0 atom stereocenters. The first-order valence-electron chi connectivity index (χ1n) is 11.6. The second kappa shape index (κ2) is 8.99. The van der Waals surface area contributed by atoms with Crippen molar-refractivity contribution in [2.75, 3.05) is 18.0 Å². The first kappa shape index (κ1) is 21.1. The van der Waals surface area contributed by atoms with Crippen LogP contribution in [0.1, 0.15) is 35.2 Å².